The monoisotopic (exact) mass is 551 g/mol. The van der Waals surface area contributed by atoms with Gasteiger partial charge in [0.2, 0.25) is 10.0 Å². The number of carbonyl (C=O) groups excluding carboxylic acids is 1. The lowest BCUT2D eigenvalue weighted by molar-refractivity contribution is 0.0369. The fraction of sp³-hybridized carbons (Fsp3) is 0.786. The number of pyridine rings is 1. The molecule has 216 valence electrons. The molecule has 0 unspecified atom stereocenters. The Morgan fingerprint density at radius 1 is 0.974 bits per heavy atom. The molecule has 38 heavy (non-hydrogen) atoms. The van der Waals surface area contributed by atoms with Gasteiger partial charge in [-0.2, -0.15) is 0 Å². The van der Waals surface area contributed by atoms with Crippen LogP contribution in [0.2, 0.25) is 0 Å². The van der Waals surface area contributed by atoms with E-state index < -0.39 is 10.0 Å². The van der Waals surface area contributed by atoms with Crippen molar-refractivity contribution < 1.29 is 17.9 Å². The van der Waals surface area contributed by atoms with Crippen LogP contribution in [0.3, 0.4) is 0 Å². The minimum Gasteiger partial charge on any atom is -0.379 e. The number of unbranched alkanes of at least 4 members (excludes halogenated alkanes) is 5. The zero-order chi connectivity index (χ0) is 26.9. The van der Waals surface area contributed by atoms with Crippen molar-refractivity contribution >= 4 is 16.1 Å². The van der Waals surface area contributed by atoms with Crippen LogP contribution in [0, 0.1) is 0 Å². The molecular weight excluding hydrogens is 502 g/mol. The van der Waals surface area contributed by atoms with Crippen molar-refractivity contribution in [3.63, 3.8) is 0 Å². The molecule has 3 rings (SSSR count). The Kier molecular flexibility index (Phi) is 14.4. The highest BCUT2D eigenvalue weighted by Crippen LogP contribution is 2.26. The average molecular weight is 552 g/mol. The molecule has 2 heterocycles. The van der Waals surface area contributed by atoms with Crippen molar-refractivity contribution in [2.75, 3.05) is 52.5 Å². The summed E-state index contributed by atoms with van der Waals surface area (Å²) in [5.74, 6) is 0. The molecule has 0 spiro atoms. The summed E-state index contributed by atoms with van der Waals surface area (Å²) >= 11 is 0. The minimum absolute atomic E-state index is 0.151. The number of sulfonamides is 1. The molecule has 9 nitrogen and oxygen atoms in total. The van der Waals surface area contributed by atoms with E-state index in [1.807, 2.05) is 16.4 Å². The summed E-state index contributed by atoms with van der Waals surface area (Å²) in [5, 5.41) is 5.57. The van der Waals surface area contributed by atoms with E-state index in [9.17, 15) is 13.2 Å². The van der Waals surface area contributed by atoms with Gasteiger partial charge >= 0.3 is 6.03 Å². The first kappa shape index (κ1) is 30.8. The predicted molar refractivity (Wildman–Crippen MR) is 151 cm³/mol. The molecule has 0 radical (unpaired) electrons. The SMILES string of the molecule is O=C(NCCCCCCCCN(CCCN1CCOCC1)S(=O)(=O)C1CCCCC1)NCc1cccnc1. The lowest BCUT2D eigenvalue weighted by atomic mass is 10.0. The van der Waals surface area contributed by atoms with Gasteiger partial charge in [0.05, 0.1) is 18.5 Å². The van der Waals surface area contributed by atoms with Gasteiger partial charge in [-0.15, -0.1) is 0 Å². The fourth-order valence-corrected chi connectivity index (χ4v) is 7.42. The largest absolute Gasteiger partial charge is 0.379 e. The van der Waals surface area contributed by atoms with Crippen LogP contribution in [0.25, 0.3) is 0 Å². The summed E-state index contributed by atoms with van der Waals surface area (Å²) in [6.07, 6.45) is 15.4. The molecule has 2 fully saturated rings. The van der Waals surface area contributed by atoms with E-state index in [2.05, 4.69) is 20.5 Å². The molecule has 2 aliphatic rings. The minimum atomic E-state index is -3.22. The van der Waals surface area contributed by atoms with E-state index in [1.54, 1.807) is 12.4 Å². The maximum Gasteiger partial charge on any atom is 0.315 e. The summed E-state index contributed by atoms with van der Waals surface area (Å²) in [5.41, 5.74) is 0.977. The first-order valence-electron chi connectivity index (χ1n) is 14.8. The highest BCUT2D eigenvalue weighted by molar-refractivity contribution is 7.89. The van der Waals surface area contributed by atoms with Crippen LogP contribution >= 0.6 is 0 Å². The quantitative estimate of drug-likeness (QED) is 0.285. The second-order valence-electron chi connectivity index (χ2n) is 10.6. The molecule has 10 heteroatoms. The van der Waals surface area contributed by atoms with Gasteiger partial charge < -0.3 is 15.4 Å². The Morgan fingerprint density at radius 3 is 2.42 bits per heavy atom. The van der Waals surface area contributed by atoms with E-state index in [0.717, 1.165) is 115 Å². The molecule has 1 aromatic heterocycles. The van der Waals surface area contributed by atoms with Crippen molar-refractivity contribution in [3.05, 3.63) is 30.1 Å². The van der Waals surface area contributed by atoms with Crippen molar-refractivity contribution in [3.8, 4) is 0 Å². The summed E-state index contributed by atoms with van der Waals surface area (Å²) < 4.78 is 34.1. The van der Waals surface area contributed by atoms with Crippen LogP contribution in [-0.4, -0.2) is 86.4 Å². The maximum atomic E-state index is 13.4. The predicted octanol–water partition coefficient (Wildman–Crippen LogP) is 3.91. The molecule has 0 aromatic carbocycles. The number of aromatic nitrogens is 1. The van der Waals surface area contributed by atoms with Crippen LogP contribution in [-0.2, 0) is 21.3 Å². The fourth-order valence-electron chi connectivity index (χ4n) is 5.31. The van der Waals surface area contributed by atoms with Crippen molar-refractivity contribution in [2.24, 2.45) is 0 Å². The number of morpholine rings is 1. The Bertz CT molecular complexity index is 874. The van der Waals surface area contributed by atoms with Crippen LogP contribution in [0.15, 0.2) is 24.5 Å². The zero-order valence-corrected chi connectivity index (χ0v) is 23.9. The summed E-state index contributed by atoms with van der Waals surface area (Å²) in [6.45, 7) is 6.79. The van der Waals surface area contributed by atoms with Crippen LogP contribution < -0.4 is 10.6 Å². The maximum absolute atomic E-state index is 13.4. The second kappa shape index (κ2) is 17.8. The van der Waals surface area contributed by atoms with Crippen LogP contribution in [0.5, 0.6) is 0 Å². The Hall–Kier alpha value is -1.75. The summed E-state index contributed by atoms with van der Waals surface area (Å²) in [4.78, 5) is 18.3. The van der Waals surface area contributed by atoms with Gasteiger partial charge in [0.15, 0.2) is 0 Å². The number of rotatable bonds is 17. The van der Waals surface area contributed by atoms with E-state index >= 15 is 0 Å². The highest BCUT2D eigenvalue weighted by atomic mass is 32.2. The molecule has 2 amide bonds. The molecule has 0 atom stereocenters. The molecular formula is C28H49N5O4S. The molecule has 1 saturated carbocycles. The van der Waals surface area contributed by atoms with Gasteiger partial charge in [-0.05, 0) is 50.3 Å². The van der Waals surface area contributed by atoms with Crippen molar-refractivity contribution in [1.29, 1.82) is 0 Å². The van der Waals surface area contributed by atoms with Gasteiger partial charge in [0, 0.05) is 51.7 Å². The van der Waals surface area contributed by atoms with Gasteiger partial charge in [0.25, 0.3) is 0 Å². The number of ether oxygens (including phenoxy) is 1. The first-order chi connectivity index (χ1) is 18.6. The van der Waals surface area contributed by atoms with Gasteiger partial charge in [-0.3, -0.25) is 9.88 Å². The highest BCUT2D eigenvalue weighted by Gasteiger charge is 2.32. The van der Waals surface area contributed by atoms with Crippen LogP contribution in [0.1, 0.15) is 82.6 Å². The van der Waals surface area contributed by atoms with Crippen LogP contribution in [0.4, 0.5) is 4.79 Å². The number of nitrogens with zero attached hydrogens (tertiary/aromatic N) is 3. The number of hydrogen-bond donors (Lipinski definition) is 2. The Balaban J connectivity index is 1.27. The smallest absolute Gasteiger partial charge is 0.315 e. The zero-order valence-electron chi connectivity index (χ0n) is 23.1. The van der Waals surface area contributed by atoms with E-state index in [-0.39, 0.29) is 11.3 Å². The lowest BCUT2D eigenvalue weighted by Gasteiger charge is -2.31. The Morgan fingerprint density at radius 2 is 1.68 bits per heavy atom. The molecule has 1 saturated heterocycles. The number of amides is 2. The van der Waals surface area contributed by atoms with Gasteiger partial charge in [-0.1, -0.05) is 51.0 Å². The summed E-state index contributed by atoms with van der Waals surface area (Å²) in [7, 11) is -3.22. The Labute approximate surface area is 230 Å². The van der Waals surface area contributed by atoms with Crippen molar-refractivity contribution in [1.82, 2.24) is 24.8 Å². The number of urea groups is 1. The standard InChI is InChI=1S/C28H49N5O4S/c34-28(31-25-26-12-10-15-29-24-26)30-16-8-3-1-2-4-9-18-33(19-11-17-32-20-22-37-23-21-32)38(35,36)27-13-6-5-7-14-27/h10,12,15,24,27H,1-9,11,13-14,16-23,25H2,(H2,30,31,34). The summed E-state index contributed by atoms with van der Waals surface area (Å²) in [6, 6.07) is 3.64. The molecule has 0 bridgehead atoms. The van der Waals surface area contributed by atoms with Crippen molar-refractivity contribution in [2.45, 2.75) is 88.8 Å². The van der Waals surface area contributed by atoms with E-state index in [1.165, 1.54) is 0 Å². The van der Waals surface area contributed by atoms with Gasteiger partial charge in [-0.25, -0.2) is 17.5 Å². The lowest BCUT2D eigenvalue weighted by Crippen LogP contribution is -2.42. The molecule has 1 aromatic rings. The first-order valence-corrected chi connectivity index (χ1v) is 16.3. The second-order valence-corrected chi connectivity index (χ2v) is 12.8. The topological polar surface area (TPSA) is 104 Å². The number of nitrogens with one attached hydrogen (secondary N) is 2. The number of carbonyl (C=O) groups is 1. The average Bonchev–Trinajstić information content (AvgIpc) is 2.95. The molecule has 1 aliphatic heterocycles. The molecule has 2 N–H and O–H groups in total. The van der Waals surface area contributed by atoms with E-state index in [4.69, 9.17) is 4.74 Å². The third-order valence-corrected chi connectivity index (χ3v) is 10.0. The van der Waals surface area contributed by atoms with E-state index in [0.29, 0.717) is 26.2 Å². The van der Waals surface area contributed by atoms with Gasteiger partial charge in [0.1, 0.15) is 0 Å². The number of hydrogen-bond acceptors (Lipinski definition) is 6. The third kappa shape index (κ3) is 11.6. The third-order valence-electron chi connectivity index (χ3n) is 7.61. The molecule has 1 aliphatic carbocycles. The normalized spacial score (nSPS) is 17.5.